The van der Waals surface area contributed by atoms with Gasteiger partial charge in [-0.2, -0.15) is 22.0 Å². The highest BCUT2D eigenvalue weighted by Crippen LogP contribution is 2.35. The highest BCUT2D eigenvalue weighted by atomic mass is 19.4. The lowest BCUT2D eigenvalue weighted by molar-refractivity contribution is -0.269. The summed E-state index contributed by atoms with van der Waals surface area (Å²) >= 11 is 0. The van der Waals surface area contributed by atoms with Crippen LogP contribution in [0.1, 0.15) is 13.8 Å². The Labute approximate surface area is 102 Å². The second-order valence-corrected chi connectivity index (χ2v) is 4.56. The van der Waals surface area contributed by atoms with Crippen molar-refractivity contribution in [2.75, 3.05) is 20.6 Å². The van der Waals surface area contributed by atoms with Crippen molar-refractivity contribution in [2.45, 2.75) is 32.0 Å². The fraction of sp³-hybridized carbons (Fsp3) is 0.900. The van der Waals surface area contributed by atoms with Gasteiger partial charge in [-0.15, -0.1) is 0 Å². The molecule has 0 saturated heterocycles. The fourth-order valence-electron chi connectivity index (χ4n) is 1.45. The first kappa shape index (κ1) is 17.1. The fourth-order valence-corrected chi connectivity index (χ4v) is 1.45. The smallest absolute Gasteiger partial charge is 0.349 e. The van der Waals surface area contributed by atoms with Crippen molar-refractivity contribution in [1.82, 2.24) is 10.2 Å². The van der Waals surface area contributed by atoms with Crippen LogP contribution in [0.2, 0.25) is 0 Å². The first-order valence-corrected chi connectivity index (χ1v) is 5.30. The number of hydrogen-bond acceptors (Lipinski definition) is 2. The van der Waals surface area contributed by atoms with Crippen LogP contribution in [0, 0.1) is 5.92 Å². The molecule has 18 heavy (non-hydrogen) atoms. The third-order valence-corrected chi connectivity index (χ3v) is 2.55. The molecule has 1 amide bonds. The summed E-state index contributed by atoms with van der Waals surface area (Å²) in [7, 11) is 3.30. The lowest BCUT2D eigenvalue weighted by atomic mass is 10.0. The highest BCUT2D eigenvalue weighted by Gasteiger charge is 2.63. The van der Waals surface area contributed by atoms with Gasteiger partial charge in [0.2, 0.25) is 0 Å². The molecule has 0 aliphatic heterocycles. The Hall–Kier alpha value is -0.920. The van der Waals surface area contributed by atoms with E-state index in [-0.39, 0.29) is 18.5 Å². The maximum absolute atomic E-state index is 12.6. The van der Waals surface area contributed by atoms with Crippen LogP contribution in [-0.4, -0.2) is 49.6 Å². The number of carbonyl (C=O) groups is 1. The highest BCUT2D eigenvalue weighted by molar-refractivity contribution is 5.84. The van der Waals surface area contributed by atoms with Gasteiger partial charge in [-0.25, -0.2) is 0 Å². The zero-order valence-corrected chi connectivity index (χ0v) is 10.6. The van der Waals surface area contributed by atoms with Gasteiger partial charge < -0.3 is 10.2 Å². The number of nitrogens with one attached hydrogen (secondary N) is 1. The van der Waals surface area contributed by atoms with Gasteiger partial charge in [0.25, 0.3) is 5.91 Å². The molecule has 1 atom stereocenters. The zero-order chi connectivity index (χ0) is 14.7. The van der Waals surface area contributed by atoms with Crippen molar-refractivity contribution in [1.29, 1.82) is 0 Å². The SMILES string of the molecule is CC(C)C(CNC(=O)C(F)(F)C(F)(F)F)N(C)C. The van der Waals surface area contributed by atoms with Crippen LogP contribution in [0.4, 0.5) is 22.0 Å². The molecule has 0 aliphatic rings. The van der Waals surface area contributed by atoms with Crippen LogP contribution in [0.5, 0.6) is 0 Å². The molecule has 0 radical (unpaired) electrons. The molecule has 0 aliphatic carbocycles. The number of rotatable bonds is 5. The van der Waals surface area contributed by atoms with Crippen LogP contribution in [0.15, 0.2) is 0 Å². The minimum Gasteiger partial charge on any atom is -0.349 e. The van der Waals surface area contributed by atoms with E-state index in [9.17, 15) is 26.7 Å². The Morgan fingerprint density at radius 3 is 1.89 bits per heavy atom. The number of halogens is 5. The summed E-state index contributed by atoms with van der Waals surface area (Å²) in [4.78, 5) is 12.5. The lowest BCUT2D eigenvalue weighted by Gasteiger charge is -2.29. The Morgan fingerprint density at radius 1 is 1.17 bits per heavy atom. The Bertz CT molecular complexity index is 280. The third-order valence-electron chi connectivity index (χ3n) is 2.55. The minimum atomic E-state index is -5.87. The Balaban J connectivity index is 4.60. The molecule has 8 heteroatoms. The molecule has 0 aromatic rings. The van der Waals surface area contributed by atoms with E-state index in [1.165, 1.54) is 0 Å². The van der Waals surface area contributed by atoms with E-state index < -0.39 is 18.0 Å². The molecule has 0 spiro atoms. The summed E-state index contributed by atoms with van der Waals surface area (Å²) in [5.74, 6) is -7.68. The van der Waals surface area contributed by atoms with Gasteiger partial charge in [-0.1, -0.05) is 13.8 Å². The first-order valence-electron chi connectivity index (χ1n) is 5.30. The number of hydrogen-bond donors (Lipinski definition) is 1. The molecule has 0 bridgehead atoms. The van der Waals surface area contributed by atoms with E-state index in [1.54, 1.807) is 38.2 Å². The molecule has 0 aromatic carbocycles. The maximum Gasteiger partial charge on any atom is 0.463 e. The Kier molecular flexibility index (Phi) is 5.52. The van der Waals surface area contributed by atoms with Crippen LogP contribution in [0.3, 0.4) is 0 Å². The van der Waals surface area contributed by atoms with Crippen molar-refractivity contribution >= 4 is 5.91 Å². The quantitative estimate of drug-likeness (QED) is 0.778. The minimum absolute atomic E-state index is 0.000177. The molecular formula is C10H17F5N2O. The number of nitrogens with zero attached hydrogens (tertiary/aromatic N) is 1. The average molecular weight is 276 g/mol. The van der Waals surface area contributed by atoms with E-state index in [0.29, 0.717) is 0 Å². The van der Waals surface area contributed by atoms with Crippen molar-refractivity contribution in [2.24, 2.45) is 5.92 Å². The molecule has 0 heterocycles. The van der Waals surface area contributed by atoms with E-state index in [4.69, 9.17) is 0 Å². The van der Waals surface area contributed by atoms with E-state index in [2.05, 4.69) is 0 Å². The standard InChI is InChI=1S/C10H17F5N2O/c1-6(2)7(17(3)4)5-16-8(18)9(11,12)10(13,14)15/h6-7H,5H2,1-4H3,(H,16,18). The number of likely N-dealkylation sites (N-methyl/N-ethyl adjacent to an activating group) is 1. The summed E-state index contributed by atoms with van der Waals surface area (Å²) in [6.45, 7) is 3.28. The molecule has 1 unspecified atom stereocenters. The molecular weight excluding hydrogens is 259 g/mol. The zero-order valence-electron chi connectivity index (χ0n) is 10.6. The monoisotopic (exact) mass is 276 g/mol. The summed E-state index contributed by atoms with van der Waals surface area (Å²) in [6.07, 6.45) is -5.87. The molecule has 108 valence electrons. The van der Waals surface area contributed by atoms with Gasteiger partial charge in [-0.3, -0.25) is 4.79 Å². The molecule has 0 fully saturated rings. The van der Waals surface area contributed by atoms with Gasteiger partial charge in [0, 0.05) is 12.6 Å². The molecule has 0 rings (SSSR count). The van der Waals surface area contributed by atoms with Gasteiger partial charge in [-0.05, 0) is 20.0 Å². The van der Waals surface area contributed by atoms with Crippen LogP contribution < -0.4 is 5.32 Å². The topological polar surface area (TPSA) is 32.3 Å². The van der Waals surface area contributed by atoms with Crippen LogP contribution >= 0.6 is 0 Å². The van der Waals surface area contributed by atoms with Crippen LogP contribution in [-0.2, 0) is 4.79 Å². The van der Waals surface area contributed by atoms with Gasteiger partial charge >= 0.3 is 12.1 Å². The maximum atomic E-state index is 12.6. The summed E-state index contributed by atoms with van der Waals surface area (Å²) in [5.41, 5.74) is 0. The Morgan fingerprint density at radius 2 is 1.61 bits per heavy atom. The largest absolute Gasteiger partial charge is 0.463 e. The van der Waals surface area contributed by atoms with E-state index >= 15 is 0 Å². The average Bonchev–Trinajstić information content (AvgIpc) is 2.14. The third kappa shape index (κ3) is 4.08. The van der Waals surface area contributed by atoms with Gasteiger partial charge in [0.15, 0.2) is 0 Å². The first-order chi connectivity index (χ1) is 7.91. The van der Waals surface area contributed by atoms with Crippen molar-refractivity contribution in [3.05, 3.63) is 0 Å². The van der Waals surface area contributed by atoms with Crippen LogP contribution in [0.25, 0.3) is 0 Å². The number of alkyl halides is 5. The second kappa shape index (κ2) is 5.81. The number of carbonyl (C=O) groups excluding carboxylic acids is 1. The lowest BCUT2D eigenvalue weighted by Crippen LogP contribution is -2.53. The summed E-state index contributed by atoms with van der Waals surface area (Å²) in [6, 6.07) is -0.321. The summed E-state index contributed by atoms with van der Waals surface area (Å²) in [5, 5.41) is 1.64. The molecule has 3 nitrogen and oxygen atoms in total. The van der Waals surface area contributed by atoms with E-state index in [0.717, 1.165) is 0 Å². The number of amides is 1. The molecule has 0 saturated carbocycles. The molecule has 1 N–H and O–H groups in total. The normalized spacial score (nSPS) is 15.1. The summed E-state index contributed by atoms with van der Waals surface area (Å²) < 4.78 is 61.0. The van der Waals surface area contributed by atoms with E-state index in [1.807, 2.05) is 0 Å². The van der Waals surface area contributed by atoms with Crippen molar-refractivity contribution in [3.63, 3.8) is 0 Å². The van der Waals surface area contributed by atoms with Crippen molar-refractivity contribution in [3.8, 4) is 0 Å². The predicted octanol–water partition coefficient (Wildman–Crippen LogP) is 1.89. The van der Waals surface area contributed by atoms with Crippen molar-refractivity contribution < 1.29 is 26.7 Å². The van der Waals surface area contributed by atoms with Gasteiger partial charge in [0.05, 0.1) is 0 Å². The second-order valence-electron chi connectivity index (χ2n) is 4.56. The van der Waals surface area contributed by atoms with Gasteiger partial charge in [0.1, 0.15) is 0 Å². The molecule has 0 aromatic heterocycles. The predicted molar refractivity (Wildman–Crippen MR) is 56.3 cm³/mol.